The minimum atomic E-state index is -0.0200. The number of rotatable bonds is 8. The Morgan fingerprint density at radius 1 is 1.14 bits per heavy atom. The van der Waals surface area contributed by atoms with Crippen molar-refractivity contribution in [1.82, 2.24) is 5.32 Å². The number of anilines is 1. The molecule has 1 fully saturated rings. The Bertz CT molecular complexity index is 755. The molecule has 0 bridgehead atoms. The molecule has 0 aliphatic carbocycles. The average molecular weight is 383 g/mol. The SMILES string of the molecule is CCOc1ccccc1CCC(=O)N[C@H](C)c1ccc(N2CCOCC2)cc1. The first-order valence-electron chi connectivity index (χ1n) is 10.1. The molecule has 1 aliphatic rings. The zero-order chi connectivity index (χ0) is 19.8. The summed E-state index contributed by atoms with van der Waals surface area (Å²) >= 11 is 0. The number of carbonyl (C=O) groups excluding carboxylic acids is 1. The number of morpholine rings is 1. The van der Waals surface area contributed by atoms with Crippen LogP contribution in [-0.4, -0.2) is 38.8 Å². The molecule has 2 aromatic carbocycles. The monoisotopic (exact) mass is 382 g/mol. The van der Waals surface area contributed by atoms with Gasteiger partial charge in [0.05, 0.1) is 25.9 Å². The summed E-state index contributed by atoms with van der Waals surface area (Å²) in [7, 11) is 0. The van der Waals surface area contributed by atoms with Crippen molar-refractivity contribution in [2.45, 2.75) is 32.7 Å². The number of nitrogens with one attached hydrogen (secondary N) is 1. The van der Waals surface area contributed by atoms with Gasteiger partial charge in [0.25, 0.3) is 0 Å². The Morgan fingerprint density at radius 3 is 2.57 bits per heavy atom. The van der Waals surface area contributed by atoms with Crippen molar-refractivity contribution in [3.05, 3.63) is 59.7 Å². The highest BCUT2D eigenvalue weighted by Gasteiger charge is 2.14. The van der Waals surface area contributed by atoms with E-state index < -0.39 is 0 Å². The summed E-state index contributed by atoms with van der Waals surface area (Å²) in [5.41, 5.74) is 3.39. The second-order valence-corrected chi connectivity index (χ2v) is 7.02. The molecule has 28 heavy (non-hydrogen) atoms. The molecule has 1 N–H and O–H groups in total. The van der Waals surface area contributed by atoms with E-state index in [0.717, 1.165) is 43.2 Å². The fourth-order valence-electron chi connectivity index (χ4n) is 3.45. The van der Waals surface area contributed by atoms with Crippen molar-refractivity contribution < 1.29 is 14.3 Å². The largest absolute Gasteiger partial charge is 0.494 e. The van der Waals surface area contributed by atoms with Gasteiger partial charge in [-0.1, -0.05) is 30.3 Å². The summed E-state index contributed by atoms with van der Waals surface area (Å²) in [5.74, 6) is 0.917. The molecule has 5 nitrogen and oxygen atoms in total. The predicted octanol–water partition coefficient (Wildman–Crippen LogP) is 3.73. The molecular weight excluding hydrogens is 352 g/mol. The number of aryl methyl sites for hydroxylation is 1. The smallest absolute Gasteiger partial charge is 0.220 e. The Hall–Kier alpha value is -2.53. The summed E-state index contributed by atoms with van der Waals surface area (Å²) < 4.78 is 11.0. The van der Waals surface area contributed by atoms with Crippen molar-refractivity contribution >= 4 is 11.6 Å². The highest BCUT2D eigenvalue weighted by molar-refractivity contribution is 5.76. The van der Waals surface area contributed by atoms with Gasteiger partial charge >= 0.3 is 0 Å². The van der Waals surface area contributed by atoms with Crippen LogP contribution in [0.15, 0.2) is 48.5 Å². The third-order valence-corrected chi connectivity index (χ3v) is 5.04. The molecule has 1 amide bonds. The minimum absolute atomic E-state index is 0.0200. The molecule has 150 valence electrons. The first-order chi connectivity index (χ1) is 13.7. The number of ether oxygens (including phenoxy) is 2. The summed E-state index contributed by atoms with van der Waals surface area (Å²) in [6, 6.07) is 16.3. The van der Waals surface area contributed by atoms with Crippen molar-refractivity contribution in [2.75, 3.05) is 37.8 Å². The lowest BCUT2D eigenvalue weighted by molar-refractivity contribution is -0.121. The van der Waals surface area contributed by atoms with Gasteiger partial charge in [-0.15, -0.1) is 0 Å². The van der Waals surface area contributed by atoms with Crippen molar-refractivity contribution in [2.24, 2.45) is 0 Å². The Morgan fingerprint density at radius 2 is 1.86 bits per heavy atom. The van der Waals surface area contributed by atoms with Crippen LogP contribution in [0.2, 0.25) is 0 Å². The van der Waals surface area contributed by atoms with Gasteiger partial charge < -0.3 is 19.7 Å². The third-order valence-electron chi connectivity index (χ3n) is 5.04. The summed E-state index contributed by atoms with van der Waals surface area (Å²) in [5, 5.41) is 3.10. The standard InChI is InChI=1S/C23H30N2O3/c1-3-28-22-7-5-4-6-20(22)10-13-23(26)24-18(2)19-8-11-21(12-9-19)25-14-16-27-17-15-25/h4-9,11-12,18H,3,10,13-17H2,1-2H3,(H,24,26)/t18-/m1/s1. The van der Waals surface area contributed by atoms with Crippen LogP contribution in [0.4, 0.5) is 5.69 Å². The fourth-order valence-corrected chi connectivity index (χ4v) is 3.45. The van der Waals surface area contributed by atoms with E-state index in [0.29, 0.717) is 19.4 Å². The van der Waals surface area contributed by atoms with E-state index >= 15 is 0 Å². The summed E-state index contributed by atoms with van der Waals surface area (Å²) in [6.07, 6.45) is 1.12. The lowest BCUT2D eigenvalue weighted by atomic mass is 10.1. The van der Waals surface area contributed by atoms with E-state index in [1.54, 1.807) is 0 Å². The molecule has 0 unspecified atom stereocenters. The number of hydrogen-bond acceptors (Lipinski definition) is 4. The Kier molecular flexibility index (Phi) is 7.31. The van der Waals surface area contributed by atoms with Gasteiger partial charge in [0.2, 0.25) is 5.91 Å². The van der Waals surface area contributed by atoms with Crippen LogP contribution in [0.1, 0.15) is 37.4 Å². The number of nitrogens with zero attached hydrogens (tertiary/aromatic N) is 1. The van der Waals surface area contributed by atoms with E-state index in [1.807, 2.05) is 38.1 Å². The van der Waals surface area contributed by atoms with Gasteiger partial charge in [-0.25, -0.2) is 0 Å². The van der Waals surface area contributed by atoms with E-state index in [9.17, 15) is 4.79 Å². The van der Waals surface area contributed by atoms with E-state index in [1.165, 1.54) is 5.69 Å². The second-order valence-electron chi connectivity index (χ2n) is 7.02. The lowest BCUT2D eigenvalue weighted by Crippen LogP contribution is -2.36. The number of para-hydroxylation sites is 1. The molecule has 1 atom stereocenters. The van der Waals surface area contributed by atoms with Crippen LogP contribution in [0.5, 0.6) is 5.75 Å². The summed E-state index contributed by atoms with van der Waals surface area (Å²) in [4.78, 5) is 14.7. The molecule has 0 spiro atoms. The van der Waals surface area contributed by atoms with Gasteiger partial charge in [0, 0.05) is 25.2 Å². The first-order valence-corrected chi connectivity index (χ1v) is 10.1. The Balaban J connectivity index is 1.51. The first kappa shape index (κ1) is 20.2. The van der Waals surface area contributed by atoms with Crippen molar-refractivity contribution in [3.63, 3.8) is 0 Å². The average Bonchev–Trinajstić information content (AvgIpc) is 2.74. The van der Waals surface area contributed by atoms with Crippen LogP contribution in [0, 0.1) is 0 Å². The van der Waals surface area contributed by atoms with Gasteiger partial charge in [0.1, 0.15) is 5.75 Å². The van der Waals surface area contributed by atoms with Crippen molar-refractivity contribution in [1.29, 1.82) is 0 Å². The molecule has 5 heteroatoms. The predicted molar refractivity (Wildman–Crippen MR) is 112 cm³/mol. The lowest BCUT2D eigenvalue weighted by Gasteiger charge is -2.29. The van der Waals surface area contributed by atoms with Crippen LogP contribution in [0.3, 0.4) is 0 Å². The van der Waals surface area contributed by atoms with Crippen LogP contribution in [-0.2, 0) is 16.0 Å². The zero-order valence-electron chi connectivity index (χ0n) is 16.8. The molecular formula is C23H30N2O3. The molecule has 1 aliphatic heterocycles. The molecule has 1 heterocycles. The Labute approximate surface area is 167 Å². The number of carbonyl (C=O) groups is 1. The normalized spacial score (nSPS) is 15.1. The van der Waals surface area contributed by atoms with Crippen LogP contribution >= 0.6 is 0 Å². The number of benzene rings is 2. The van der Waals surface area contributed by atoms with Crippen molar-refractivity contribution in [3.8, 4) is 5.75 Å². The van der Waals surface area contributed by atoms with E-state index in [-0.39, 0.29) is 11.9 Å². The number of amides is 1. The highest BCUT2D eigenvalue weighted by Crippen LogP contribution is 2.21. The minimum Gasteiger partial charge on any atom is -0.494 e. The van der Waals surface area contributed by atoms with E-state index in [2.05, 4.69) is 34.5 Å². The van der Waals surface area contributed by atoms with Gasteiger partial charge in [0.15, 0.2) is 0 Å². The molecule has 0 radical (unpaired) electrons. The molecule has 3 rings (SSSR count). The van der Waals surface area contributed by atoms with Crippen LogP contribution in [0.25, 0.3) is 0 Å². The van der Waals surface area contributed by atoms with E-state index in [4.69, 9.17) is 9.47 Å². The van der Waals surface area contributed by atoms with Gasteiger partial charge in [-0.3, -0.25) is 4.79 Å². The topological polar surface area (TPSA) is 50.8 Å². The highest BCUT2D eigenvalue weighted by atomic mass is 16.5. The zero-order valence-corrected chi connectivity index (χ0v) is 16.8. The molecule has 1 saturated heterocycles. The summed E-state index contributed by atoms with van der Waals surface area (Å²) in [6.45, 7) is 8.02. The maximum atomic E-state index is 12.4. The molecule has 2 aromatic rings. The van der Waals surface area contributed by atoms with Crippen LogP contribution < -0.4 is 15.0 Å². The molecule has 0 aromatic heterocycles. The van der Waals surface area contributed by atoms with Gasteiger partial charge in [-0.2, -0.15) is 0 Å². The number of hydrogen-bond donors (Lipinski definition) is 1. The maximum absolute atomic E-state index is 12.4. The fraction of sp³-hybridized carbons (Fsp3) is 0.435. The second kappa shape index (κ2) is 10.1. The third kappa shape index (κ3) is 5.49. The van der Waals surface area contributed by atoms with Gasteiger partial charge in [-0.05, 0) is 49.6 Å². The maximum Gasteiger partial charge on any atom is 0.220 e. The quantitative estimate of drug-likeness (QED) is 0.756. The molecule has 0 saturated carbocycles.